The third-order valence-electron chi connectivity index (χ3n) is 5.89. The van der Waals surface area contributed by atoms with E-state index >= 15 is 0 Å². The standard InChI is InChI=1S/C26H26N2O5/c1-32-18-19-13-15-27(16-14-19)25-17-23(11-12-24(25)28(30)31)33-22-9-7-21(8-10-22)26(29)20-5-3-2-4-6-20/h2-12,17,19H,13-16,18H2,1H3. The van der Waals surface area contributed by atoms with Crippen LogP contribution in [0, 0.1) is 16.0 Å². The lowest BCUT2D eigenvalue weighted by atomic mass is 9.97. The van der Waals surface area contributed by atoms with E-state index < -0.39 is 0 Å². The van der Waals surface area contributed by atoms with Gasteiger partial charge in [-0.25, -0.2) is 0 Å². The molecule has 33 heavy (non-hydrogen) atoms. The van der Waals surface area contributed by atoms with Crippen LogP contribution in [-0.2, 0) is 4.74 Å². The quantitative estimate of drug-likeness (QED) is 0.259. The summed E-state index contributed by atoms with van der Waals surface area (Å²) in [6, 6.07) is 20.8. The Kier molecular flexibility index (Phi) is 7.00. The Morgan fingerprint density at radius 2 is 1.61 bits per heavy atom. The van der Waals surface area contributed by atoms with Crippen molar-refractivity contribution in [2.24, 2.45) is 5.92 Å². The minimum absolute atomic E-state index is 0.0587. The summed E-state index contributed by atoms with van der Waals surface area (Å²) in [5.74, 6) is 1.48. The molecule has 170 valence electrons. The van der Waals surface area contributed by atoms with Crippen molar-refractivity contribution >= 4 is 17.2 Å². The molecule has 0 radical (unpaired) electrons. The molecule has 3 aromatic rings. The number of benzene rings is 3. The van der Waals surface area contributed by atoms with Crippen LogP contribution in [0.25, 0.3) is 0 Å². The van der Waals surface area contributed by atoms with Crippen LogP contribution in [0.2, 0.25) is 0 Å². The van der Waals surface area contributed by atoms with Crippen LogP contribution in [0.3, 0.4) is 0 Å². The summed E-state index contributed by atoms with van der Waals surface area (Å²) in [5.41, 5.74) is 1.82. The van der Waals surface area contributed by atoms with Gasteiger partial charge in [-0.1, -0.05) is 30.3 Å². The van der Waals surface area contributed by atoms with Gasteiger partial charge in [0, 0.05) is 50.1 Å². The smallest absolute Gasteiger partial charge is 0.292 e. The van der Waals surface area contributed by atoms with E-state index in [-0.39, 0.29) is 16.4 Å². The van der Waals surface area contributed by atoms with Crippen molar-refractivity contribution in [2.75, 3.05) is 31.7 Å². The van der Waals surface area contributed by atoms with E-state index in [4.69, 9.17) is 9.47 Å². The van der Waals surface area contributed by atoms with Crippen LogP contribution < -0.4 is 9.64 Å². The molecule has 1 aliphatic rings. The van der Waals surface area contributed by atoms with Gasteiger partial charge in [0.2, 0.25) is 0 Å². The number of hydrogen-bond acceptors (Lipinski definition) is 6. The molecule has 7 heteroatoms. The van der Waals surface area contributed by atoms with Crippen molar-refractivity contribution in [3.8, 4) is 11.5 Å². The number of nitrogens with zero attached hydrogens (tertiary/aromatic N) is 2. The van der Waals surface area contributed by atoms with Gasteiger partial charge in [0.1, 0.15) is 17.2 Å². The second-order valence-electron chi connectivity index (χ2n) is 8.11. The highest BCUT2D eigenvalue weighted by atomic mass is 16.6. The molecule has 0 saturated carbocycles. The number of carbonyl (C=O) groups is 1. The first-order valence-corrected chi connectivity index (χ1v) is 10.9. The Morgan fingerprint density at radius 3 is 2.24 bits per heavy atom. The Labute approximate surface area is 192 Å². The number of nitro groups is 1. The maximum absolute atomic E-state index is 12.6. The fourth-order valence-electron chi connectivity index (χ4n) is 4.12. The van der Waals surface area contributed by atoms with E-state index in [9.17, 15) is 14.9 Å². The third-order valence-corrected chi connectivity index (χ3v) is 5.89. The second-order valence-corrected chi connectivity index (χ2v) is 8.11. The molecule has 0 atom stereocenters. The molecule has 1 fully saturated rings. The van der Waals surface area contributed by atoms with Crippen molar-refractivity contribution in [1.29, 1.82) is 0 Å². The zero-order valence-electron chi connectivity index (χ0n) is 18.5. The zero-order chi connectivity index (χ0) is 23.2. The largest absolute Gasteiger partial charge is 0.457 e. The second kappa shape index (κ2) is 10.3. The number of anilines is 1. The lowest BCUT2D eigenvalue weighted by Gasteiger charge is -2.33. The summed E-state index contributed by atoms with van der Waals surface area (Å²) >= 11 is 0. The van der Waals surface area contributed by atoms with E-state index in [1.165, 1.54) is 6.07 Å². The van der Waals surface area contributed by atoms with Gasteiger partial charge in [0.05, 0.1) is 4.92 Å². The first-order valence-electron chi connectivity index (χ1n) is 10.9. The molecule has 0 aliphatic carbocycles. The fourth-order valence-corrected chi connectivity index (χ4v) is 4.12. The molecule has 0 N–H and O–H groups in total. The topological polar surface area (TPSA) is 81.9 Å². The Balaban J connectivity index is 1.50. The molecule has 0 bridgehead atoms. The van der Waals surface area contributed by atoms with Crippen molar-refractivity contribution < 1.29 is 19.2 Å². The highest BCUT2D eigenvalue weighted by Gasteiger charge is 2.25. The van der Waals surface area contributed by atoms with E-state index in [2.05, 4.69) is 0 Å². The molecule has 0 spiro atoms. The number of methoxy groups -OCH3 is 1. The van der Waals surface area contributed by atoms with Gasteiger partial charge in [-0.2, -0.15) is 0 Å². The van der Waals surface area contributed by atoms with Crippen LogP contribution in [0.5, 0.6) is 11.5 Å². The zero-order valence-corrected chi connectivity index (χ0v) is 18.5. The molecule has 1 saturated heterocycles. The molecule has 3 aromatic carbocycles. The highest BCUT2D eigenvalue weighted by molar-refractivity contribution is 6.08. The Hall–Kier alpha value is -3.71. The number of ketones is 1. The molecule has 7 nitrogen and oxygen atoms in total. The predicted molar refractivity (Wildman–Crippen MR) is 126 cm³/mol. The predicted octanol–water partition coefficient (Wildman–Crippen LogP) is 5.48. The molecule has 0 aromatic heterocycles. The Morgan fingerprint density at radius 1 is 0.970 bits per heavy atom. The molecule has 1 heterocycles. The molecule has 1 aliphatic heterocycles. The van der Waals surface area contributed by atoms with E-state index in [1.807, 2.05) is 23.1 Å². The number of nitro benzene ring substituents is 1. The first kappa shape index (κ1) is 22.5. The SMILES string of the molecule is COCC1CCN(c2cc(Oc3ccc(C(=O)c4ccccc4)cc3)ccc2[N+](=O)[O-])CC1. The summed E-state index contributed by atoms with van der Waals surface area (Å²) < 4.78 is 11.2. The summed E-state index contributed by atoms with van der Waals surface area (Å²) in [7, 11) is 1.70. The lowest BCUT2D eigenvalue weighted by molar-refractivity contribution is -0.384. The first-order chi connectivity index (χ1) is 16.0. The van der Waals surface area contributed by atoms with E-state index in [0.29, 0.717) is 40.8 Å². The van der Waals surface area contributed by atoms with Gasteiger partial charge in [0.15, 0.2) is 5.78 Å². The van der Waals surface area contributed by atoms with Gasteiger partial charge < -0.3 is 14.4 Å². The summed E-state index contributed by atoms with van der Waals surface area (Å²) in [4.78, 5) is 25.9. The average Bonchev–Trinajstić information content (AvgIpc) is 2.85. The van der Waals surface area contributed by atoms with E-state index in [0.717, 1.165) is 25.9 Å². The summed E-state index contributed by atoms with van der Waals surface area (Å²) in [5, 5.41) is 11.6. The minimum atomic E-state index is -0.357. The molecule has 4 rings (SSSR count). The molecule has 0 amide bonds. The fraction of sp³-hybridized carbons (Fsp3) is 0.269. The number of ether oxygens (including phenoxy) is 2. The molecular formula is C26H26N2O5. The van der Waals surface area contributed by atoms with Gasteiger partial charge in [-0.15, -0.1) is 0 Å². The van der Waals surface area contributed by atoms with Crippen LogP contribution >= 0.6 is 0 Å². The van der Waals surface area contributed by atoms with Gasteiger partial charge >= 0.3 is 0 Å². The monoisotopic (exact) mass is 446 g/mol. The number of piperidine rings is 1. The van der Waals surface area contributed by atoms with E-state index in [1.54, 1.807) is 55.6 Å². The molecule has 0 unspecified atom stereocenters. The van der Waals surface area contributed by atoms with Crippen LogP contribution in [0.1, 0.15) is 28.8 Å². The maximum Gasteiger partial charge on any atom is 0.292 e. The van der Waals surface area contributed by atoms with Crippen molar-refractivity contribution in [3.63, 3.8) is 0 Å². The summed E-state index contributed by atoms with van der Waals surface area (Å²) in [6.07, 6.45) is 1.85. The van der Waals surface area contributed by atoms with Crippen molar-refractivity contribution in [2.45, 2.75) is 12.8 Å². The lowest BCUT2D eigenvalue weighted by Crippen LogP contribution is -2.35. The molecular weight excluding hydrogens is 420 g/mol. The van der Waals surface area contributed by atoms with Crippen molar-refractivity contribution in [3.05, 3.63) is 94.0 Å². The van der Waals surface area contributed by atoms with Crippen LogP contribution in [0.15, 0.2) is 72.8 Å². The Bertz CT molecular complexity index is 1110. The maximum atomic E-state index is 12.6. The minimum Gasteiger partial charge on any atom is -0.457 e. The van der Waals surface area contributed by atoms with Crippen LogP contribution in [-0.4, -0.2) is 37.5 Å². The normalized spacial score (nSPS) is 14.2. The highest BCUT2D eigenvalue weighted by Crippen LogP contribution is 2.36. The third kappa shape index (κ3) is 5.38. The summed E-state index contributed by atoms with van der Waals surface area (Å²) in [6.45, 7) is 2.17. The van der Waals surface area contributed by atoms with Gasteiger partial charge in [-0.3, -0.25) is 14.9 Å². The van der Waals surface area contributed by atoms with Gasteiger partial charge in [-0.05, 0) is 49.1 Å². The number of carbonyl (C=O) groups excluding carboxylic acids is 1. The van der Waals surface area contributed by atoms with Crippen molar-refractivity contribution in [1.82, 2.24) is 0 Å². The van der Waals surface area contributed by atoms with Gasteiger partial charge in [0.25, 0.3) is 5.69 Å². The average molecular weight is 447 g/mol. The number of hydrogen-bond donors (Lipinski definition) is 0. The number of rotatable bonds is 8. The van der Waals surface area contributed by atoms with Crippen LogP contribution in [0.4, 0.5) is 11.4 Å².